The molecule has 15 heteroatoms. The lowest BCUT2D eigenvalue weighted by Gasteiger charge is -2.30. The first kappa shape index (κ1) is 35.3. The van der Waals surface area contributed by atoms with Crippen LogP contribution in [0.4, 0.5) is 9.18 Å². The first-order valence-electron chi connectivity index (χ1n) is 16.4. The van der Waals surface area contributed by atoms with Crippen LogP contribution >= 0.6 is 0 Å². The second-order valence-corrected chi connectivity index (χ2v) is 15.9. The zero-order valence-electron chi connectivity index (χ0n) is 27.3. The summed E-state index contributed by atoms with van der Waals surface area (Å²) in [6.07, 6.45) is 5.81. The molecule has 2 aliphatic carbocycles. The molecule has 2 saturated carbocycles. The highest BCUT2D eigenvalue weighted by Crippen LogP contribution is 2.46. The number of hydrogen-bond donors (Lipinski definition) is 3. The standard InChI is InChI=1S/C33H43FN4O9S/c1-32(2,3)47-31(43)35-25-10-8-6-4-5-7-9-21-18-33(21,30(42)37-48(44,45)24-15-16-24)36-27(39)26-17-23(19-38(26)28(25)40)46-29(41)20-11-13-22(34)14-12-20/h7,9,11-14,21,23-26H,4-6,8,10,15-19H2,1-3H3,(H,35,43)(H,36,39)(H,37,42)/b9-7-/t21-,23+,25-,26-,33+/m0/s1. The Balaban J connectivity index is 1.42. The van der Waals surface area contributed by atoms with Crippen LogP contribution in [0.2, 0.25) is 0 Å². The molecule has 1 aromatic rings. The van der Waals surface area contributed by atoms with Crippen molar-refractivity contribution < 1.29 is 46.3 Å². The Labute approximate surface area is 279 Å². The lowest BCUT2D eigenvalue weighted by molar-refractivity contribution is -0.141. The molecule has 5 rings (SSSR count). The summed E-state index contributed by atoms with van der Waals surface area (Å²) in [5.41, 5.74) is -2.32. The van der Waals surface area contributed by atoms with Crippen molar-refractivity contribution in [2.45, 2.75) is 113 Å². The fraction of sp³-hybridized carbons (Fsp3) is 0.606. The van der Waals surface area contributed by atoms with E-state index in [0.717, 1.165) is 25.0 Å². The predicted octanol–water partition coefficient (Wildman–Crippen LogP) is 2.85. The van der Waals surface area contributed by atoms with Crippen molar-refractivity contribution in [3.05, 3.63) is 47.8 Å². The maximum Gasteiger partial charge on any atom is 0.408 e. The number of benzene rings is 1. The van der Waals surface area contributed by atoms with Crippen molar-refractivity contribution in [2.24, 2.45) is 5.92 Å². The van der Waals surface area contributed by atoms with E-state index in [-0.39, 0.29) is 31.4 Å². The van der Waals surface area contributed by atoms with Gasteiger partial charge in [0.05, 0.1) is 17.4 Å². The van der Waals surface area contributed by atoms with E-state index < -0.39 is 86.1 Å². The van der Waals surface area contributed by atoms with Gasteiger partial charge in [-0.05, 0) is 83.6 Å². The number of nitrogens with zero attached hydrogens (tertiary/aromatic N) is 1. The number of esters is 1. The summed E-state index contributed by atoms with van der Waals surface area (Å²) in [6.45, 7) is 4.86. The van der Waals surface area contributed by atoms with E-state index in [1.807, 2.05) is 6.08 Å². The van der Waals surface area contributed by atoms with E-state index in [0.29, 0.717) is 25.7 Å². The van der Waals surface area contributed by atoms with Crippen molar-refractivity contribution >= 4 is 39.8 Å². The minimum atomic E-state index is -3.91. The normalized spacial score (nSPS) is 28.8. The summed E-state index contributed by atoms with van der Waals surface area (Å²) in [5.74, 6) is -3.98. The minimum Gasteiger partial charge on any atom is -0.457 e. The van der Waals surface area contributed by atoms with E-state index in [1.54, 1.807) is 26.8 Å². The molecule has 2 heterocycles. The maximum atomic E-state index is 14.1. The first-order valence-corrected chi connectivity index (χ1v) is 17.9. The third kappa shape index (κ3) is 8.52. The van der Waals surface area contributed by atoms with Crippen molar-refractivity contribution in [1.82, 2.24) is 20.3 Å². The van der Waals surface area contributed by atoms with Crippen LogP contribution in [0, 0.1) is 11.7 Å². The molecule has 2 aliphatic heterocycles. The lowest BCUT2D eigenvalue weighted by atomic mass is 10.0. The second kappa shape index (κ2) is 13.8. The van der Waals surface area contributed by atoms with Crippen molar-refractivity contribution in [3.63, 3.8) is 0 Å². The molecule has 4 aliphatic rings. The van der Waals surface area contributed by atoms with Gasteiger partial charge in [-0.2, -0.15) is 0 Å². The predicted molar refractivity (Wildman–Crippen MR) is 170 cm³/mol. The Morgan fingerprint density at radius 1 is 1.04 bits per heavy atom. The van der Waals surface area contributed by atoms with Crippen molar-refractivity contribution in [2.75, 3.05) is 6.54 Å². The van der Waals surface area contributed by atoms with Crippen LogP contribution in [0.3, 0.4) is 0 Å². The number of ether oxygens (including phenoxy) is 2. The molecule has 5 atom stereocenters. The molecule has 48 heavy (non-hydrogen) atoms. The highest BCUT2D eigenvalue weighted by atomic mass is 32.2. The summed E-state index contributed by atoms with van der Waals surface area (Å²) >= 11 is 0. The van der Waals surface area contributed by atoms with Crippen molar-refractivity contribution in [1.29, 1.82) is 0 Å². The van der Waals surface area contributed by atoms with E-state index >= 15 is 0 Å². The number of carbonyl (C=O) groups excluding carboxylic acids is 5. The molecule has 0 radical (unpaired) electrons. The van der Waals surface area contributed by atoms with Crippen molar-refractivity contribution in [3.8, 4) is 0 Å². The number of fused-ring (bicyclic) bond motifs is 2. The van der Waals surface area contributed by atoms with Crippen LogP contribution in [0.15, 0.2) is 36.4 Å². The molecule has 4 amide bonds. The zero-order valence-corrected chi connectivity index (χ0v) is 28.1. The number of carbonyl (C=O) groups is 5. The summed E-state index contributed by atoms with van der Waals surface area (Å²) in [4.78, 5) is 68.6. The topological polar surface area (TPSA) is 177 Å². The van der Waals surface area contributed by atoms with Crippen LogP contribution in [-0.2, 0) is 33.9 Å². The molecule has 0 aromatic heterocycles. The third-order valence-electron chi connectivity index (χ3n) is 8.89. The second-order valence-electron chi connectivity index (χ2n) is 14.0. The number of sulfonamides is 1. The molecule has 3 N–H and O–H groups in total. The molecule has 262 valence electrons. The highest BCUT2D eigenvalue weighted by Gasteiger charge is 2.62. The molecular formula is C33H43FN4O9S. The van der Waals surface area contributed by atoms with Gasteiger partial charge in [0.25, 0.3) is 5.91 Å². The average Bonchev–Trinajstić information content (AvgIpc) is 3.92. The molecule has 3 fully saturated rings. The van der Waals surface area contributed by atoms with E-state index in [9.17, 15) is 36.8 Å². The first-order chi connectivity index (χ1) is 22.6. The molecule has 0 bridgehead atoms. The Hall–Kier alpha value is -4.01. The minimum absolute atomic E-state index is 0.0706. The van der Waals surface area contributed by atoms with Gasteiger partial charge < -0.3 is 25.0 Å². The van der Waals surface area contributed by atoms with Crippen LogP contribution in [0.25, 0.3) is 0 Å². The van der Waals surface area contributed by atoms with E-state index in [1.165, 1.54) is 17.0 Å². The zero-order chi connectivity index (χ0) is 34.9. The number of hydrogen-bond acceptors (Lipinski definition) is 9. The lowest BCUT2D eigenvalue weighted by Crippen LogP contribution is -2.58. The van der Waals surface area contributed by atoms with Gasteiger partial charge >= 0.3 is 12.1 Å². The average molecular weight is 691 g/mol. The number of halogens is 1. The van der Waals surface area contributed by atoms with Crippen LogP contribution in [-0.4, -0.2) is 84.2 Å². The Bertz CT molecular complexity index is 1570. The molecular weight excluding hydrogens is 647 g/mol. The quantitative estimate of drug-likeness (QED) is 0.299. The summed E-state index contributed by atoms with van der Waals surface area (Å²) in [5, 5.41) is 4.74. The van der Waals surface area contributed by atoms with Gasteiger partial charge in [-0.15, -0.1) is 0 Å². The maximum absolute atomic E-state index is 14.1. The van der Waals surface area contributed by atoms with Crippen LogP contribution in [0.1, 0.15) is 88.9 Å². The Morgan fingerprint density at radius 3 is 2.42 bits per heavy atom. The fourth-order valence-corrected chi connectivity index (χ4v) is 7.47. The highest BCUT2D eigenvalue weighted by molar-refractivity contribution is 7.91. The number of amides is 4. The summed E-state index contributed by atoms with van der Waals surface area (Å²) in [6, 6.07) is 2.41. The van der Waals surface area contributed by atoms with Crippen LogP contribution < -0.4 is 15.4 Å². The monoisotopic (exact) mass is 690 g/mol. The van der Waals surface area contributed by atoms with Gasteiger partial charge in [0.1, 0.15) is 35.1 Å². The summed E-state index contributed by atoms with van der Waals surface area (Å²) in [7, 11) is -3.91. The van der Waals surface area contributed by atoms with Gasteiger partial charge in [0.15, 0.2) is 0 Å². The fourth-order valence-electron chi connectivity index (χ4n) is 6.10. The third-order valence-corrected chi connectivity index (χ3v) is 10.7. The molecule has 0 spiro atoms. The SMILES string of the molecule is CC(C)(C)OC(=O)N[C@H]1CCCCC/C=C\[C@H]2C[C@@]2(C(=O)NS(=O)(=O)C2CC2)NC(=O)[C@@H]2C[C@@H](OC(=O)c3ccc(F)cc3)CN2C1=O. The molecule has 0 unspecified atom stereocenters. The number of allylic oxidation sites excluding steroid dienone is 1. The van der Waals surface area contributed by atoms with Gasteiger partial charge in [-0.25, -0.2) is 22.4 Å². The Kier molecular flexibility index (Phi) is 10.2. The molecule has 1 saturated heterocycles. The smallest absolute Gasteiger partial charge is 0.408 e. The van der Waals surface area contributed by atoms with Gasteiger partial charge in [-0.3, -0.25) is 19.1 Å². The van der Waals surface area contributed by atoms with E-state index in [2.05, 4.69) is 15.4 Å². The summed E-state index contributed by atoms with van der Waals surface area (Å²) < 4.78 is 52.0. The van der Waals surface area contributed by atoms with Crippen LogP contribution in [0.5, 0.6) is 0 Å². The van der Waals surface area contributed by atoms with Gasteiger partial charge in [0, 0.05) is 12.3 Å². The van der Waals surface area contributed by atoms with Gasteiger partial charge in [-0.1, -0.05) is 25.0 Å². The number of nitrogens with one attached hydrogen (secondary N) is 3. The van der Waals surface area contributed by atoms with Gasteiger partial charge in [0.2, 0.25) is 21.8 Å². The van der Waals surface area contributed by atoms with E-state index in [4.69, 9.17) is 9.47 Å². The molecule has 13 nitrogen and oxygen atoms in total. The molecule has 1 aromatic carbocycles. The number of alkyl carbamates (subject to hydrolysis) is 1. The Morgan fingerprint density at radius 2 is 1.75 bits per heavy atom. The number of rotatable bonds is 6. The largest absolute Gasteiger partial charge is 0.457 e.